The highest BCUT2D eigenvalue weighted by Gasteiger charge is 2.21. The molecule has 0 aliphatic rings. The van der Waals surface area contributed by atoms with Crippen LogP contribution in [0.25, 0.3) is 0 Å². The summed E-state index contributed by atoms with van der Waals surface area (Å²) >= 11 is 0. The van der Waals surface area contributed by atoms with Crippen LogP contribution in [-0.2, 0) is 32.7 Å². The van der Waals surface area contributed by atoms with Crippen molar-refractivity contribution < 1.29 is 42.1 Å². The Morgan fingerprint density at radius 1 is 0.588 bits per heavy atom. The van der Waals surface area contributed by atoms with Crippen molar-refractivity contribution in [1.82, 2.24) is 0 Å². The largest absolute Gasteiger partial charge is 0.756 e. The zero-order valence-corrected chi connectivity index (χ0v) is 34.4. The van der Waals surface area contributed by atoms with E-state index < -0.39 is 32.5 Å². The van der Waals surface area contributed by atoms with Crippen molar-refractivity contribution in [3.8, 4) is 0 Å². The van der Waals surface area contributed by atoms with Crippen LogP contribution in [-0.4, -0.2) is 70.0 Å². The first kappa shape index (κ1) is 49.5. The van der Waals surface area contributed by atoms with Gasteiger partial charge in [-0.05, 0) is 64.2 Å². The maximum Gasteiger partial charge on any atom is 0.306 e. The maximum atomic E-state index is 12.6. The third-order valence-electron chi connectivity index (χ3n) is 8.69. The Hall–Kier alpha value is -1.51. The predicted octanol–water partition coefficient (Wildman–Crippen LogP) is 10.6. The highest BCUT2D eigenvalue weighted by atomic mass is 31.2. The van der Waals surface area contributed by atoms with Gasteiger partial charge in [0.15, 0.2) is 6.10 Å². The molecule has 0 fully saturated rings. The topological polar surface area (TPSA) is 111 Å². The Kier molecular flexibility index (Phi) is 33.3. The lowest BCUT2D eigenvalue weighted by Gasteiger charge is -2.28. The third kappa shape index (κ3) is 38.0. The molecule has 0 rings (SSSR count). The lowest BCUT2D eigenvalue weighted by Crippen LogP contribution is -2.37. The molecule has 0 radical (unpaired) electrons. The van der Waals surface area contributed by atoms with Crippen LogP contribution in [0.15, 0.2) is 24.3 Å². The smallest absolute Gasteiger partial charge is 0.306 e. The molecule has 0 saturated carbocycles. The average molecular weight is 744 g/mol. The summed E-state index contributed by atoms with van der Waals surface area (Å²) in [6.45, 7) is 4.17. The number of esters is 2. The molecule has 0 saturated heterocycles. The number of rotatable bonds is 37. The van der Waals surface area contributed by atoms with Crippen LogP contribution in [0.1, 0.15) is 174 Å². The first-order chi connectivity index (χ1) is 24.5. The summed E-state index contributed by atoms with van der Waals surface area (Å²) in [5.41, 5.74) is 0. The van der Waals surface area contributed by atoms with E-state index in [1.54, 1.807) is 0 Å². The van der Waals surface area contributed by atoms with Crippen molar-refractivity contribution in [2.75, 3.05) is 47.5 Å². The Morgan fingerprint density at radius 2 is 1.00 bits per heavy atom. The van der Waals surface area contributed by atoms with E-state index in [1.807, 2.05) is 21.1 Å². The molecular weight excluding hydrogens is 665 g/mol. The van der Waals surface area contributed by atoms with Crippen molar-refractivity contribution in [3.05, 3.63) is 24.3 Å². The van der Waals surface area contributed by atoms with Gasteiger partial charge in [0.1, 0.15) is 19.8 Å². The number of carbonyl (C=O) groups excluding carboxylic acids is 2. The van der Waals surface area contributed by atoms with E-state index in [0.717, 1.165) is 77.0 Å². The zero-order chi connectivity index (χ0) is 37.9. The third-order valence-corrected chi connectivity index (χ3v) is 9.66. The Bertz CT molecular complexity index is 933. The number of carbonyl (C=O) groups is 2. The van der Waals surface area contributed by atoms with Crippen molar-refractivity contribution in [3.63, 3.8) is 0 Å². The zero-order valence-electron chi connectivity index (χ0n) is 33.6. The fraction of sp³-hybridized carbons (Fsp3) is 0.854. The van der Waals surface area contributed by atoms with Crippen LogP contribution in [0.4, 0.5) is 0 Å². The number of phosphoric acid groups is 1. The number of quaternary nitrogens is 1. The SMILES string of the molecule is CCCCC/C=C/CCCCCCCC(=O)O[C@H](COC(=O)CCCCCCC/C=C/CCCCCCCC)COP(=O)([O-])OCC[N+](C)(C)C. The molecule has 0 aliphatic heterocycles. The van der Waals surface area contributed by atoms with Crippen molar-refractivity contribution in [2.45, 2.75) is 180 Å². The lowest BCUT2D eigenvalue weighted by molar-refractivity contribution is -0.870. The van der Waals surface area contributed by atoms with Crippen LogP contribution >= 0.6 is 7.82 Å². The van der Waals surface area contributed by atoms with E-state index in [1.165, 1.54) is 64.2 Å². The molecule has 0 N–H and O–H groups in total. The van der Waals surface area contributed by atoms with Crippen LogP contribution in [0.3, 0.4) is 0 Å². The summed E-state index contributed by atoms with van der Waals surface area (Å²) in [5.74, 6) is -0.854. The van der Waals surface area contributed by atoms with E-state index >= 15 is 0 Å². The van der Waals surface area contributed by atoms with E-state index in [0.29, 0.717) is 17.4 Å². The molecule has 0 amide bonds. The van der Waals surface area contributed by atoms with Gasteiger partial charge in [-0.15, -0.1) is 0 Å². The van der Waals surface area contributed by atoms with Crippen LogP contribution < -0.4 is 4.89 Å². The molecule has 0 heterocycles. The van der Waals surface area contributed by atoms with Crippen LogP contribution in [0, 0.1) is 0 Å². The highest BCUT2D eigenvalue weighted by Crippen LogP contribution is 2.38. The minimum absolute atomic E-state index is 0.0328. The quantitative estimate of drug-likeness (QED) is 0.0203. The van der Waals surface area contributed by atoms with Gasteiger partial charge in [-0.1, -0.05) is 122 Å². The molecule has 10 heteroatoms. The number of phosphoric ester groups is 1. The fourth-order valence-corrected chi connectivity index (χ4v) is 6.14. The van der Waals surface area contributed by atoms with Gasteiger partial charge >= 0.3 is 11.9 Å². The number of ether oxygens (including phenoxy) is 2. The Labute approximate surface area is 313 Å². The van der Waals surface area contributed by atoms with Gasteiger partial charge in [0.05, 0.1) is 27.7 Å². The monoisotopic (exact) mass is 744 g/mol. The molecule has 300 valence electrons. The summed E-state index contributed by atoms with van der Waals surface area (Å²) < 4.78 is 33.8. The molecule has 9 nitrogen and oxygen atoms in total. The maximum absolute atomic E-state index is 12.6. The second kappa shape index (κ2) is 34.3. The summed E-state index contributed by atoms with van der Waals surface area (Å²) in [6.07, 6.45) is 34.8. The van der Waals surface area contributed by atoms with Gasteiger partial charge in [0.2, 0.25) is 0 Å². The van der Waals surface area contributed by atoms with E-state index in [-0.39, 0.29) is 26.1 Å². The number of allylic oxidation sites excluding steroid dienone is 4. The first-order valence-electron chi connectivity index (χ1n) is 20.5. The standard InChI is InChI=1S/C41H78NO8P/c1-6-8-10-12-14-16-18-20-21-22-24-25-27-29-31-33-40(43)47-37-39(38-49-51(45,46)48-36-35-42(3,4)5)50-41(44)34-32-30-28-26-23-19-17-15-13-11-9-7-2/h15,17,20-21,39H,6-14,16,18-19,22-38H2,1-5H3/b17-15+,21-20+/t39-/m1/s1. The van der Waals surface area contributed by atoms with Gasteiger partial charge in [0.25, 0.3) is 7.82 Å². The molecule has 0 spiro atoms. The molecular formula is C41H78NO8P. The highest BCUT2D eigenvalue weighted by molar-refractivity contribution is 7.45. The van der Waals surface area contributed by atoms with Gasteiger partial charge in [-0.25, -0.2) is 0 Å². The van der Waals surface area contributed by atoms with E-state index in [2.05, 4.69) is 38.2 Å². The van der Waals surface area contributed by atoms with Crippen LogP contribution in [0.5, 0.6) is 0 Å². The number of unbranched alkanes of at least 4 members (excludes halogenated alkanes) is 19. The normalized spacial score (nSPS) is 13.9. The summed E-state index contributed by atoms with van der Waals surface area (Å²) in [7, 11) is 1.16. The fourth-order valence-electron chi connectivity index (χ4n) is 5.41. The van der Waals surface area contributed by atoms with Gasteiger partial charge in [-0.2, -0.15) is 0 Å². The summed E-state index contributed by atoms with van der Waals surface area (Å²) in [6, 6.07) is 0. The number of hydrogen-bond donors (Lipinski definition) is 0. The van der Waals surface area contributed by atoms with Crippen molar-refractivity contribution in [2.24, 2.45) is 0 Å². The molecule has 2 atom stereocenters. The summed E-state index contributed by atoms with van der Waals surface area (Å²) in [4.78, 5) is 37.4. The van der Waals surface area contributed by atoms with E-state index in [4.69, 9.17) is 18.5 Å². The van der Waals surface area contributed by atoms with Gasteiger partial charge in [0, 0.05) is 12.8 Å². The molecule has 0 aromatic rings. The van der Waals surface area contributed by atoms with Crippen LogP contribution in [0.2, 0.25) is 0 Å². The molecule has 0 aliphatic carbocycles. The summed E-state index contributed by atoms with van der Waals surface area (Å²) in [5, 5.41) is 0. The predicted molar refractivity (Wildman–Crippen MR) is 208 cm³/mol. The van der Waals surface area contributed by atoms with Gasteiger partial charge < -0.3 is 27.9 Å². The van der Waals surface area contributed by atoms with E-state index in [9.17, 15) is 19.0 Å². The average Bonchev–Trinajstić information content (AvgIpc) is 3.07. The molecule has 0 aromatic carbocycles. The molecule has 51 heavy (non-hydrogen) atoms. The molecule has 0 aromatic heterocycles. The molecule has 0 bridgehead atoms. The number of nitrogens with zero attached hydrogens (tertiary/aromatic N) is 1. The second-order valence-electron chi connectivity index (χ2n) is 15.0. The molecule has 1 unspecified atom stereocenters. The van der Waals surface area contributed by atoms with Crippen molar-refractivity contribution >= 4 is 19.8 Å². The first-order valence-corrected chi connectivity index (χ1v) is 22.0. The Morgan fingerprint density at radius 3 is 1.49 bits per heavy atom. The van der Waals surface area contributed by atoms with Gasteiger partial charge in [-0.3, -0.25) is 14.2 Å². The lowest BCUT2D eigenvalue weighted by atomic mass is 10.1. The van der Waals surface area contributed by atoms with Crippen molar-refractivity contribution in [1.29, 1.82) is 0 Å². The minimum Gasteiger partial charge on any atom is -0.756 e. The number of hydrogen-bond acceptors (Lipinski definition) is 8. The minimum atomic E-state index is -4.62. The number of likely N-dealkylation sites (N-methyl/N-ethyl adjacent to an activating group) is 1. The second-order valence-corrected chi connectivity index (χ2v) is 16.4. The Balaban J connectivity index is 4.41.